The van der Waals surface area contributed by atoms with Gasteiger partial charge < -0.3 is 5.32 Å². The van der Waals surface area contributed by atoms with Gasteiger partial charge in [0.2, 0.25) is 0 Å². The molecule has 0 unspecified atom stereocenters. The van der Waals surface area contributed by atoms with Crippen LogP contribution in [-0.4, -0.2) is 27.9 Å². The van der Waals surface area contributed by atoms with E-state index in [2.05, 4.69) is 41.4 Å². The van der Waals surface area contributed by atoms with Crippen molar-refractivity contribution < 1.29 is 0 Å². The van der Waals surface area contributed by atoms with Crippen LogP contribution in [0.3, 0.4) is 0 Å². The summed E-state index contributed by atoms with van der Waals surface area (Å²) in [5.41, 5.74) is 3.52. The number of hydrogen-bond acceptors (Lipinski definition) is 3. The van der Waals surface area contributed by atoms with E-state index in [1.54, 1.807) is 0 Å². The third kappa shape index (κ3) is 3.32. The van der Waals surface area contributed by atoms with Crippen LogP contribution in [0.25, 0.3) is 11.4 Å². The fourth-order valence-corrected chi connectivity index (χ4v) is 3.10. The fraction of sp³-hybridized carbons (Fsp3) is 0.529. The van der Waals surface area contributed by atoms with E-state index in [9.17, 15) is 0 Å². The van der Waals surface area contributed by atoms with Gasteiger partial charge in [0.05, 0.1) is 11.4 Å². The average Bonchev–Trinajstić information content (AvgIpc) is 2.98. The Morgan fingerprint density at radius 3 is 3.00 bits per heavy atom. The van der Waals surface area contributed by atoms with Crippen molar-refractivity contribution in [2.24, 2.45) is 5.92 Å². The Morgan fingerprint density at radius 2 is 2.24 bits per heavy atom. The number of hydrogen-bond donors (Lipinski definition) is 1. The van der Waals surface area contributed by atoms with Gasteiger partial charge in [0.15, 0.2) is 0 Å². The van der Waals surface area contributed by atoms with Crippen molar-refractivity contribution in [2.75, 3.05) is 13.1 Å². The van der Waals surface area contributed by atoms with E-state index < -0.39 is 0 Å². The summed E-state index contributed by atoms with van der Waals surface area (Å²) < 4.78 is 2.04. The lowest BCUT2D eigenvalue weighted by atomic mass is 9.92. The molecule has 112 valence electrons. The first kappa shape index (κ1) is 14.3. The van der Waals surface area contributed by atoms with E-state index in [0.29, 0.717) is 6.04 Å². The van der Waals surface area contributed by atoms with E-state index in [4.69, 9.17) is 0 Å². The molecule has 1 fully saturated rings. The number of rotatable bonds is 4. The predicted molar refractivity (Wildman–Crippen MR) is 85.1 cm³/mol. The minimum atomic E-state index is 0.350. The second-order valence-corrected chi connectivity index (χ2v) is 6.22. The Kier molecular flexibility index (Phi) is 4.34. The highest BCUT2D eigenvalue weighted by Gasteiger charge is 2.15. The number of aromatic nitrogens is 3. The van der Waals surface area contributed by atoms with Gasteiger partial charge in [-0.3, -0.25) is 9.67 Å². The van der Waals surface area contributed by atoms with Crippen molar-refractivity contribution in [3.8, 4) is 11.4 Å². The van der Waals surface area contributed by atoms with E-state index in [-0.39, 0.29) is 0 Å². The standard InChI is InChI=1S/C17H24N4/c1-13(2)21-17(6-9-20-21)16-11-14(5-8-19-16)10-15-4-3-7-18-12-15/h5-6,8-9,11,13,15,18H,3-4,7,10,12H2,1-2H3/t15-/m0/s1. The van der Waals surface area contributed by atoms with Gasteiger partial charge in [0, 0.05) is 18.4 Å². The first-order valence-electron chi connectivity index (χ1n) is 7.93. The molecule has 1 aliphatic rings. The monoisotopic (exact) mass is 284 g/mol. The number of piperidine rings is 1. The maximum atomic E-state index is 4.54. The summed E-state index contributed by atoms with van der Waals surface area (Å²) in [6, 6.07) is 6.77. The highest BCUT2D eigenvalue weighted by molar-refractivity contribution is 5.55. The molecule has 1 saturated heterocycles. The van der Waals surface area contributed by atoms with Gasteiger partial charge in [-0.15, -0.1) is 0 Å². The molecule has 1 N–H and O–H groups in total. The van der Waals surface area contributed by atoms with Gasteiger partial charge in [0.25, 0.3) is 0 Å². The average molecular weight is 284 g/mol. The summed E-state index contributed by atoms with van der Waals surface area (Å²) >= 11 is 0. The molecule has 3 rings (SSSR count). The van der Waals surface area contributed by atoms with Gasteiger partial charge in [0.1, 0.15) is 0 Å². The molecule has 1 atom stereocenters. The van der Waals surface area contributed by atoms with Crippen molar-refractivity contribution >= 4 is 0 Å². The third-order valence-electron chi connectivity index (χ3n) is 4.17. The van der Waals surface area contributed by atoms with Crippen molar-refractivity contribution in [1.29, 1.82) is 0 Å². The van der Waals surface area contributed by atoms with E-state index in [1.165, 1.54) is 24.9 Å². The van der Waals surface area contributed by atoms with Crippen LogP contribution in [0.15, 0.2) is 30.6 Å². The predicted octanol–water partition coefficient (Wildman–Crippen LogP) is 3.07. The van der Waals surface area contributed by atoms with Crippen LogP contribution in [-0.2, 0) is 6.42 Å². The normalized spacial score (nSPS) is 19.1. The number of nitrogens with zero attached hydrogens (tertiary/aromatic N) is 3. The SMILES string of the molecule is CC(C)n1nccc1-c1cc(C[C@@H]2CCCNC2)ccn1. The molecule has 0 aromatic carbocycles. The minimum absolute atomic E-state index is 0.350. The van der Waals surface area contributed by atoms with Crippen LogP contribution in [0, 0.1) is 5.92 Å². The Balaban J connectivity index is 1.80. The first-order chi connectivity index (χ1) is 10.2. The van der Waals surface area contributed by atoms with Gasteiger partial charge in [-0.2, -0.15) is 5.10 Å². The summed E-state index contributed by atoms with van der Waals surface area (Å²) in [4.78, 5) is 4.54. The van der Waals surface area contributed by atoms with Gasteiger partial charge in [-0.05, 0) is 75.9 Å². The molecule has 2 aromatic rings. The Hall–Kier alpha value is -1.68. The molecule has 4 heteroatoms. The van der Waals surface area contributed by atoms with Crippen LogP contribution in [0.2, 0.25) is 0 Å². The highest BCUT2D eigenvalue weighted by Crippen LogP contribution is 2.23. The maximum absolute atomic E-state index is 4.54. The molecule has 0 radical (unpaired) electrons. The zero-order valence-electron chi connectivity index (χ0n) is 12.9. The van der Waals surface area contributed by atoms with Gasteiger partial charge >= 0.3 is 0 Å². The summed E-state index contributed by atoms with van der Waals surface area (Å²) in [5, 5.41) is 7.90. The molecule has 0 bridgehead atoms. The summed E-state index contributed by atoms with van der Waals surface area (Å²) in [7, 11) is 0. The molecule has 0 saturated carbocycles. The lowest BCUT2D eigenvalue weighted by molar-refractivity contribution is 0.376. The molecule has 3 heterocycles. The van der Waals surface area contributed by atoms with Crippen molar-refractivity contribution in [3.05, 3.63) is 36.2 Å². The molecular weight excluding hydrogens is 260 g/mol. The highest BCUT2D eigenvalue weighted by atomic mass is 15.3. The zero-order valence-corrected chi connectivity index (χ0v) is 12.9. The van der Waals surface area contributed by atoms with Gasteiger partial charge in [-0.1, -0.05) is 0 Å². The Bertz CT molecular complexity index is 582. The van der Waals surface area contributed by atoms with Crippen LogP contribution in [0.1, 0.15) is 38.3 Å². The summed E-state index contributed by atoms with van der Waals surface area (Å²) in [6.07, 6.45) is 7.54. The molecule has 0 amide bonds. The lowest BCUT2D eigenvalue weighted by Crippen LogP contribution is -2.30. The lowest BCUT2D eigenvalue weighted by Gasteiger charge is -2.22. The molecule has 0 spiro atoms. The largest absolute Gasteiger partial charge is 0.316 e. The van der Waals surface area contributed by atoms with Crippen LogP contribution >= 0.6 is 0 Å². The van der Waals surface area contributed by atoms with Gasteiger partial charge in [-0.25, -0.2) is 0 Å². The minimum Gasteiger partial charge on any atom is -0.316 e. The van der Waals surface area contributed by atoms with Crippen LogP contribution < -0.4 is 5.32 Å². The molecule has 21 heavy (non-hydrogen) atoms. The van der Waals surface area contributed by atoms with E-state index in [0.717, 1.165) is 30.3 Å². The Morgan fingerprint density at radius 1 is 1.33 bits per heavy atom. The molecule has 2 aromatic heterocycles. The Labute approximate surface area is 126 Å². The van der Waals surface area contributed by atoms with E-state index >= 15 is 0 Å². The van der Waals surface area contributed by atoms with Crippen LogP contribution in [0.5, 0.6) is 0 Å². The van der Waals surface area contributed by atoms with E-state index in [1.807, 2.05) is 23.1 Å². The third-order valence-corrected chi connectivity index (χ3v) is 4.17. The smallest absolute Gasteiger partial charge is 0.0885 e. The first-order valence-corrected chi connectivity index (χ1v) is 7.93. The number of nitrogens with one attached hydrogen (secondary N) is 1. The van der Waals surface area contributed by atoms with Crippen molar-refractivity contribution in [3.63, 3.8) is 0 Å². The van der Waals surface area contributed by atoms with Crippen molar-refractivity contribution in [2.45, 2.75) is 39.2 Å². The zero-order chi connectivity index (χ0) is 14.7. The maximum Gasteiger partial charge on any atom is 0.0885 e. The van der Waals surface area contributed by atoms with Crippen molar-refractivity contribution in [1.82, 2.24) is 20.1 Å². The topological polar surface area (TPSA) is 42.7 Å². The van der Waals surface area contributed by atoms with Crippen LogP contribution in [0.4, 0.5) is 0 Å². The molecule has 4 nitrogen and oxygen atoms in total. The second kappa shape index (κ2) is 6.39. The number of pyridine rings is 1. The fourth-order valence-electron chi connectivity index (χ4n) is 3.10. The molecular formula is C17H24N4. The summed E-state index contributed by atoms with van der Waals surface area (Å²) in [6.45, 7) is 6.61. The molecule has 1 aliphatic heterocycles. The second-order valence-electron chi connectivity index (χ2n) is 6.22. The molecule has 0 aliphatic carbocycles. The summed E-state index contributed by atoms with van der Waals surface area (Å²) in [5.74, 6) is 0.754. The quantitative estimate of drug-likeness (QED) is 0.938.